The number of hydrogen-bond donors (Lipinski definition) is 2. The van der Waals surface area contributed by atoms with Gasteiger partial charge in [-0.1, -0.05) is 36.9 Å². The summed E-state index contributed by atoms with van der Waals surface area (Å²) in [6.45, 7) is 12.9. The maximum Gasteiger partial charge on any atom is 0.411 e. The first-order valence-electron chi connectivity index (χ1n) is 14.0. The molecule has 228 valence electrons. The zero-order valence-electron chi connectivity index (χ0n) is 25.3. The minimum absolute atomic E-state index is 0.0890. The summed E-state index contributed by atoms with van der Waals surface area (Å²) in [4.78, 5) is 49.2. The molecule has 0 unspecified atom stereocenters. The van der Waals surface area contributed by atoms with Crippen molar-refractivity contribution in [2.75, 3.05) is 12.9 Å². The molecule has 11 nitrogen and oxygen atoms in total. The fourth-order valence-corrected chi connectivity index (χ4v) is 5.70. The van der Waals surface area contributed by atoms with Gasteiger partial charge < -0.3 is 29.2 Å². The minimum Gasteiger partial charge on any atom is -0.461 e. The molecular weight excluding hydrogens is 560 g/mol. The van der Waals surface area contributed by atoms with Gasteiger partial charge in [0.25, 0.3) is 5.91 Å². The molecule has 2 amide bonds. The standard InChI is InChI=1S/C30H40N4O7S/c1-9-19-23-24(40-30(6,7)39-23)22(34(19)28(37)41-29(3,4)5)18-16-31-21(26(36)38-10-2)20(18)32-27(42-8)33-25(35)17-14-12-11-13-15-17/h11-16,19,22-24,31H,9-10H2,1-8H3,(H,32,33,35)/t19-,22+,23-,24+/m1/s1. The van der Waals surface area contributed by atoms with E-state index in [0.717, 1.165) is 0 Å². The third kappa shape index (κ3) is 6.66. The number of ether oxygens (including phenoxy) is 4. The number of rotatable bonds is 6. The number of H-pyrrole nitrogens is 1. The van der Waals surface area contributed by atoms with Gasteiger partial charge in [0.1, 0.15) is 23.5 Å². The van der Waals surface area contributed by atoms with Crippen LogP contribution in [-0.2, 0) is 18.9 Å². The molecule has 3 heterocycles. The molecule has 2 N–H and O–H groups in total. The molecule has 2 fully saturated rings. The Bertz CT molecular complexity index is 1330. The molecule has 1 aromatic heterocycles. The Kier molecular flexibility index (Phi) is 9.39. The summed E-state index contributed by atoms with van der Waals surface area (Å²) in [5.74, 6) is -1.86. The van der Waals surface area contributed by atoms with Crippen molar-refractivity contribution in [2.24, 2.45) is 4.99 Å². The van der Waals surface area contributed by atoms with Crippen LogP contribution in [0.1, 0.15) is 87.3 Å². The highest BCUT2D eigenvalue weighted by Gasteiger charge is 2.60. The maximum atomic E-state index is 13.7. The molecular formula is C30H40N4O7S. The van der Waals surface area contributed by atoms with Crippen LogP contribution in [0.5, 0.6) is 0 Å². The summed E-state index contributed by atoms with van der Waals surface area (Å²) < 4.78 is 23.8. The van der Waals surface area contributed by atoms with E-state index in [2.05, 4.69) is 10.3 Å². The number of amides is 2. The third-order valence-corrected chi connectivity index (χ3v) is 7.46. The highest BCUT2D eigenvalue weighted by atomic mass is 32.2. The third-order valence-electron chi connectivity index (χ3n) is 6.88. The molecule has 2 saturated heterocycles. The first kappa shape index (κ1) is 31.6. The zero-order valence-corrected chi connectivity index (χ0v) is 26.2. The number of amidine groups is 1. The Morgan fingerprint density at radius 1 is 1.12 bits per heavy atom. The van der Waals surface area contributed by atoms with E-state index in [-0.39, 0.29) is 35.1 Å². The van der Waals surface area contributed by atoms with Crippen molar-refractivity contribution < 1.29 is 33.3 Å². The fraction of sp³-hybridized carbons (Fsp3) is 0.533. The van der Waals surface area contributed by atoms with Crippen molar-refractivity contribution in [1.29, 1.82) is 0 Å². The molecule has 2 aliphatic heterocycles. The van der Waals surface area contributed by atoms with E-state index in [0.29, 0.717) is 17.5 Å². The summed E-state index contributed by atoms with van der Waals surface area (Å²) >= 11 is 1.21. The summed E-state index contributed by atoms with van der Waals surface area (Å²) in [6.07, 6.45) is 2.42. The van der Waals surface area contributed by atoms with E-state index in [1.165, 1.54) is 11.8 Å². The van der Waals surface area contributed by atoms with Crippen LogP contribution in [0.15, 0.2) is 41.5 Å². The smallest absolute Gasteiger partial charge is 0.411 e. The summed E-state index contributed by atoms with van der Waals surface area (Å²) in [7, 11) is 0. The predicted octanol–water partition coefficient (Wildman–Crippen LogP) is 5.56. The molecule has 4 atom stereocenters. The lowest BCUT2D eigenvalue weighted by Crippen LogP contribution is -2.45. The van der Waals surface area contributed by atoms with Crippen LogP contribution in [0.2, 0.25) is 0 Å². The number of benzene rings is 1. The van der Waals surface area contributed by atoms with Crippen molar-refractivity contribution in [3.63, 3.8) is 0 Å². The second kappa shape index (κ2) is 12.5. The first-order valence-corrected chi connectivity index (χ1v) is 15.3. The number of thioether (sulfide) groups is 1. The highest BCUT2D eigenvalue weighted by Crippen LogP contribution is 2.50. The number of esters is 1. The average Bonchev–Trinajstić information content (AvgIpc) is 3.55. The molecule has 12 heteroatoms. The molecule has 2 aromatic rings. The Balaban J connectivity index is 1.85. The van der Waals surface area contributed by atoms with Crippen molar-refractivity contribution in [2.45, 2.75) is 90.6 Å². The topological polar surface area (TPSA) is 132 Å². The van der Waals surface area contributed by atoms with Crippen LogP contribution in [0.3, 0.4) is 0 Å². The molecule has 42 heavy (non-hydrogen) atoms. The van der Waals surface area contributed by atoms with E-state index in [9.17, 15) is 14.4 Å². The maximum absolute atomic E-state index is 13.7. The van der Waals surface area contributed by atoms with E-state index in [1.807, 2.05) is 26.8 Å². The van der Waals surface area contributed by atoms with Gasteiger partial charge in [-0.15, -0.1) is 0 Å². The number of aliphatic imine (C=N–C) groups is 1. The van der Waals surface area contributed by atoms with Crippen LogP contribution in [0.25, 0.3) is 0 Å². The number of aromatic amines is 1. The molecule has 0 aliphatic carbocycles. The number of likely N-dealkylation sites (tertiary alicyclic amines) is 1. The Morgan fingerprint density at radius 2 is 1.79 bits per heavy atom. The quantitative estimate of drug-likeness (QED) is 0.250. The summed E-state index contributed by atoms with van der Waals surface area (Å²) in [5.41, 5.74) is 0.538. The largest absolute Gasteiger partial charge is 0.461 e. The number of hydrogen-bond acceptors (Lipinski definition) is 9. The second-order valence-electron chi connectivity index (χ2n) is 11.5. The lowest BCUT2D eigenvalue weighted by atomic mass is 10.0. The number of fused-ring (bicyclic) bond motifs is 1. The van der Waals surface area contributed by atoms with E-state index >= 15 is 0 Å². The molecule has 4 rings (SSSR count). The second-order valence-corrected chi connectivity index (χ2v) is 12.3. The SMILES string of the molecule is CCOC(=O)c1[nH]cc([C@H]2[C@@H]3OC(C)(C)O[C@@H]3[C@@H](CC)N2C(=O)OC(C)(C)C)c1N=C(NC(=O)c1ccccc1)SC. The van der Waals surface area contributed by atoms with Gasteiger partial charge in [0, 0.05) is 17.3 Å². The van der Waals surface area contributed by atoms with Crippen molar-refractivity contribution in [3.8, 4) is 0 Å². The summed E-state index contributed by atoms with van der Waals surface area (Å²) in [6, 6.07) is 7.66. The molecule has 0 radical (unpaired) electrons. The number of carbonyl (C=O) groups excluding carboxylic acids is 3. The average molecular weight is 601 g/mol. The highest BCUT2D eigenvalue weighted by molar-refractivity contribution is 8.13. The molecule has 2 aliphatic rings. The van der Waals surface area contributed by atoms with Gasteiger partial charge in [-0.05, 0) is 66.4 Å². The van der Waals surface area contributed by atoms with Crippen LogP contribution in [0.4, 0.5) is 10.5 Å². The van der Waals surface area contributed by atoms with E-state index < -0.39 is 41.7 Å². The predicted molar refractivity (Wildman–Crippen MR) is 160 cm³/mol. The summed E-state index contributed by atoms with van der Waals surface area (Å²) in [5, 5.41) is 3.08. The van der Waals surface area contributed by atoms with Gasteiger partial charge in [0.2, 0.25) is 0 Å². The molecule has 0 saturated carbocycles. The monoisotopic (exact) mass is 600 g/mol. The van der Waals surface area contributed by atoms with E-state index in [4.69, 9.17) is 23.9 Å². The van der Waals surface area contributed by atoms with Crippen LogP contribution in [0, 0.1) is 0 Å². The van der Waals surface area contributed by atoms with Crippen LogP contribution in [-0.4, -0.2) is 75.5 Å². The van der Waals surface area contributed by atoms with Crippen molar-refractivity contribution >= 4 is 40.6 Å². The first-order chi connectivity index (χ1) is 19.8. The van der Waals surface area contributed by atoms with Gasteiger partial charge in [0.15, 0.2) is 16.6 Å². The van der Waals surface area contributed by atoms with Gasteiger partial charge in [-0.25, -0.2) is 14.6 Å². The zero-order chi connectivity index (χ0) is 30.8. The Labute approximate surface area is 250 Å². The Hall–Kier alpha value is -3.35. The molecule has 0 bridgehead atoms. The Morgan fingerprint density at radius 3 is 2.38 bits per heavy atom. The van der Waals surface area contributed by atoms with Crippen molar-refractivity contribution in [1.82, 2.24) is 15.2 Å². The van der Waals surface area contributed by atoms with Crippen LogP contribution >= 0.6 is 11.8 Å². The van der Waals surface area contributed by atoms with Gasteiger partial charge >= 0.3 is 12.1 Å². The van der Waals surface area contributed by atoms with E-state index in [1.54, 1.807) is 69.3 Å². The number of carbonyl (C=O) groups is 3. The number of aromatic nitrogens is 1. The number of nitrogens with one attached hydrogen (secondary N) is 2. The molecule has 0 spiro atoms. The number of nitrogens with zero attached hydrogens (tertiary/aromatic N) is 2. The van der Waals surface area contributed by atoms with Gasteiger partial charge in [-0.3, -0.25) is 9.69 Å². The minimum atomic E-state index is -0.890. The fourth-order valence-electron chi connectivity index (χ4n) is 5.32. The lowest BCUT2D eigenvalue weighted by molar-refractivity contribution is -0.167. The van der Waals surface area contributed by atoms with Gasteiger partial charge in [-0.2, -0.15) is 0 Å². The van der Waals surface area contributed by atoms with Crippen molar-refractivity contribution in [3.05, 3.63) is 53.3 Å². The molecule has 1 aromatic carbocycles. The van der Waals surface area contributed by atoms with Crippen LogP contribution < -0.4 is 5.32 Å². The normalized spacial score (nSPS) is 23.4. The lowest BCUT2D eigenvalue weighted by Gasteiger charge is -2.35. The van der Waals surface area contributed by atoms with Gasteiger partial charge in [0.05, 0.1) is 18.7 Å².